The van der Waals surface area contributed by atoms with E-state index in [1.54, 1.807) is 4.90 Å². The Balaban J connectivity index is 2.56. The van der Waals surface area contributed by atoms with Crippen molar-refractivity contribution >= 4 is 6.09 Å². The number of ether oxygens (including phenoxy) is 1. The molecule has 0 saturated carbocycles. The van der Waals surface area contributed by atoms with E-state index in [4.69, 9.17) is 5.73 Å². The van der Waals surface area contributed by atoms with Gasteiger partial charge in [0.1, 0.15) is 0 Å². The summed E-state index contributed by atoms with van der Waals surface area (Å²) >= 11 is 0. The monoisotopic (exact) mass is 186 g/mol. The number of hydrogen-bond donors (Lipinski definition) is 1. The second-order valence-corrected chi connectivity index (χ2v) is 4.26. The second-order valence-electron chi connectivity index (χ2n) is 4.26. The van der Waals surface area contributed by atoms with Gasteiger partial charge in [-0.2, -0.15) is 0 Å². The lowest BCUT2D eigenvalue weighted by molar-refractivity contribution is 0.0778. The molecule has 4 heteroatoms. The van der Waals surface area contributed by atoms with Gasteiger partial charge in [-0.25, -0.2) is 4.79 Å². The summed E-state index contributed by atoms with van der Waals surface area (Å²) in [5.41, 5.74) is 6.08. The molecule has 0 radical (unpaired) electrons. The van der Waals surface area contributed by atoms with Crippen LogP contribution >= 0.6 is 0 Å². The van der Waals surface area contributed by atoms with Gasteiger partial charge in [0, 0.05) is 19.1 Å². The molecule has 1 fully saturated rings. The molecule has 0 bridgehead atoms. The second kappa shape index (κ2) is 3.54. The number of nitrogens with zero attached hydrogens (tertiary/aromatic N) is 1. The molecule has 13 heavy (non-hydrogen) atoms. The van der Waals surface area contributed by atoms with Crippen LogP contribution in [-0.2, 0) is 4.74 Å². The molecule has 0 spiro atoms. The zero-order chi connectivity index (χ0) is 10.1. The maximum atomic E-state index is 11.2. The summed E-state index contributed by atoms with van der Waals surface area (Å²) in [4.78, 5) is 12.8. The Morgan fingerprint density at radius 2 is 2.23 bits per heavy atom. The molecular formula is C9H18N2O2. The first-order chi connectivity index (χ1) is 5.97. The van der Waals surface area contributed by atoms with Crippen LogP contribution in [0.5, 0.6) is 0 Å². The van der Waals surface area contributed by atoms with E-state index in [0.29, 0.717) is 6.54 Å². The van der Waals surface area contributed by atoms with E-state index in [0.717, 1.165) is 13.0 Å². The van der Waals surface area contributed by atoms with Crippen molar-refractivity contribution in [3.63, 3.8) is 0 Å². The van der Waals surface area contributed by atoms with Gasteiger partial charge in [-0.15, -0.1) is 0 Å². The van der Waals surface area contributed by atoms with Gasteiger partial charge in [0.05, 0.1) is 7.11 Å². The summed E-state index contributed by atoms with van der Waals surface area (Å²) in [6, 6.07) is 0.0420. The van der Waals surface area contributed by atoms with E-state index in [9.17, 15) is 4.79 Å². The third-order valence-corrected chi connectivity index (χ3v) is 2.88. The van der Waals surface area contributed by atoms with Crippen molar-refractivity contribution in [2.24, 2.45) is 11.1 Å². The molecule has 0 aromatic heterocycles. The van der Waals surface area contributed by atoms with Crippen molar-refractivity contribution in [2.45, 2.75) is 26.3 Å². The fourth-order valence-electron chi connectivity index (χ4n) is 1.48. The van der Waals surface area contributed by atoms with Gasteiger partial charge >= 0.3 is 6.09 Å². The van der Waals surface area contributed by atoms with E-state index < -0.39 is 0 Å². The molecule has 1 aliphatic heterocycles. The van der Waals surface area contributed by atoms with Crippen LogP contribution in [0.1, 0.15) is 20.3 Å². The Hall–Kier alpha value is -0.770. The van der Waals surface area contributed by atoms with Crippen LogP contribution in [0, 0.1) is 5.41 Å². The van der Waals surface area contributed by atoms with Gasteiger partial charge < -0.3 is 15.4 Å². The first kappa shape index (κ1) is 10.3. The third kappa shape index (κ3) is 2.12. The van der Waals surface area contributed by atoms with Crippen LogP contribution in [0.25, 0.3) is 0 Å². The minimum absolute atomic E-state index is 0.0420. The molecule has 4 nitrogen and oxygen atoms in total. The molecular weight excluding hydrogens is 168 g/mol. The fourth-order valence-corrected chi connectivity index (χ4v) is 1.48. The van der Waals surface area contributed by atoms with Gasteiger partial charge in [-0.3, -0.25) is 0 Å². The number of methoxy groups -OCH3 is 1. The maximum absolute atomic E-state index is 11.2. The first-order valence-electron chi connectivity index (χ1n) is 4.56. The summed E-state index contributed by atoms with van der Waals surface area (Å²) in [5, 5.41) is 0. The molecule has 0 aromatic rings. The zero-order valence-electron chi connectivity index (χ0n) is 8.54. The van der Waals surface area contributed by atoms with Crippen LogP contribution in [-0.4, -0.2) is 37.2 Å². The molecule has 1 amide bonds. The molecule has 1 unspecified atom stereocenters. The van der Waals surface area contributed by atoms with Crippen molar-refractivity contribution in [2.75, 3.05) is 20.2 Å². The highest BCUT2D eigenvalue weighted by Crippen LogP contribution is 2.29. The molecule has 1 atom stereocenters. The number of hydrogen-bond acceptors (Lipinski definition) is 3. The smallest absolute Gasteiger partial charge is 0.409 e. The lowest BCUT2D eigenvalue weighted by atomic mass is 9.79. The summed E-state index contributed by atoms with van der Waals surface area (Å²) in [5.74, 6) is 0. The van der Waals surface area contributed by atoms with E-state index in [2.05, 4.69) is 18.6 Å². The topological polar surface area (TPSA) is 55.6 Å². The van der Waals surface area contributed by atoms with E-state index in [1.165, 1.54) is 7.11 Å². The van der Waals surface area contributed by atoms with Crippen LogP contribution < -0.4 is 5.73 Å². The predicted molar refractivity (Wildman–Crippen MR) is 50.4 cm³/mol. The van der Waals surface area contributed by atoms with Crippen molar-refractivity contribution in [3.8, 4) is 0 Å². The fraction of sp³-hybridized carbons (Fsp3) is 0.889. The Kier molecular flexibility index (Phi) is 2.81. The molecule has 1 saturated heterocycles. The molecule has 2 N–H and O–H groups in total. The van der Waals surface area contributed by atoms with Crippen LogP contribution in [0.2, 0.25) is 0 Å². The Labute approximate surface area is 79.0 Å². The number of amides is 1. The number of piperidine rings is 1. The first-order valence-corrected chi connectivity index (χ1v) is 4.56. The van der Waals surface area contributed by atoms with E-state index >= 15 is 0 Å². The molecule has 1 heterocycles. The Bertz CT molecular complexity index is 204. The van der Waals surface area contributed by atoms with Crippen molar-refractivity contribution in [3.05, 3.63) is 0 Å². The quantitative estimate of drug-likeness (QED) is 0.609. The molecule has 76 valence electrons. The lowest BCUT2D eigenvalue weighted by Gasteiger charge is -2.41. The number of nitrogens with two attached hydrogens (primary N) is 1. The maximum Gasteiger partial charge on any atom is 0.409 e. The summed E-state index contributed by atoms with van der Waals surface area (Å²) in [6.45, 7) is 5.60. The summed E-state index contributed by atoms with van der Waals surface area (Å²) in [6.07, 6.45) is 0.662. The third-order valence-electron chi connectivity index (χ3n) is 2.88. The van der Waals surface area contributed by atoms with Crippen LogP contribution in [0.4, 0.5) is 4.79 Å². The van der Waals surface area contributed by atoms with E-state index in [-0.39, 0.29) is 17.6 Å². The standard InChI is InChI=1S/C9H18N2O2/c1-9(2)4-5-11(6-7(9)10)8(12)13-3/h7H,4-6,10H2,1-3H3. The van der Waals surface area contributed by atoms with Crippen LogP contribution in [0.15, 0.2) is 0 Å². The van der Waals surface area contributed by atoms with Crippen molar-refractivity contribution in [1.82, 2.24) is 4.90 Å². The van der Waals surface area contributed by atoms with Gasteiger partial charge in [-0.1, -0.05) is 13.8 Å². The highest BCUT2D eigenvalue weighted by Gasteiger charge is 2.34. The molecule has 1 aliphatic rings. The highest BCUT2D eigenvalue weighted by molar-refractivity contribution is 5.67. The average Bonchev–Trinajstić information content (AvgIpc) is 2.08. The SMILES string of the molecule is COC(=O)N1CCC(C)(C)C(N)C1. The zero-order valence-corrected chi connectivity index (χ0v) is 8.54. The molecule has 1 rings (SSSR count). The van der Waals surface area contributed by atoms with Gasteiger partial charge in [-0.05, 0) is 11.8 Å². The number of rotatable bonds is 0. The molecule has 0 aromatic carbocycles. The minimum atomic E-state index is -0.272. The minimum Gasteiger partial charge on any atom is -0.453 e. The number of carbonyl (C=O) groups excluding carboxylic acids is 1. The number of likely N-dealkylation sites (tertiary alicyclic amines) is 1. The van der Waals surface area contributed by atoms with Gasteiger partial charge in [0.2, 0.25) is 0 Å². The van der Waals surface area contributed by atoms with Crippen LogP contribution in [0.3, 0.4) is 0 Å². The van der Waals surface area contributed by atoms with Gasteiger partial charge in [0.15, 0.2) is 0 Å². The Morgan fingerprint density at radius 1 is 1.62 bits per heavy atom. The van der Waals surface area contributed by atoms with Crippen molar-refractivity contribution < 1.29 is 9.53 Å². The highest BCUT2D eigenvalue weighted by atomic mass is 16.5. The van der Waals surface area contributed by atoms with Gasteiger partial charge in [0.25, 0.3) is 0 Å². The summed E-state index contributed by atoms with van der Waals surface area (Å²) in [7, 11) is 1.40. The molecule has 0 aliphatic carbocycles. The van der Waals surface area contributed by atoms with E-state index in [1.807, 2.05) is 0 Å². The van der Waals surface area contributed by atoms with Crippen molar-refractivity contribution in [1.29, 1.82) is 0 Å². The largest absolute Gasteiger partial charge is 0.453 e. The predicted octanol–water partition coefficient (Wildman–Crippen LogP) is 0.812. The lowest BCUT2D eigenvalue weighted by Crippen LogP contribution is -2.54. The summed E-state index contributed by atoms with van der Waals surface area (Å²) < 4.78 is 4.64. The Morgan fingerprint density at radius 3 is 2.69 bits per heavy atom. The number of carbonyl (C=O) groups is 1. The average molecular weight is 186 g/mol. The normalized spacial score (nSPS) is 27.1.